The van der Waals surface area contributed by atoms with Gasteiger partial charge in [0.05, 0.1) is 22.2 Å². The maximum atomic E-state index is 11.7. The van der Waals surface area contributed by atoms with Crippen molar-refractivity contribution in [3.05, 3.63) is 26.7 Å². The SMILES string of the molecule is O=C(O)CC(NC(=O)Nc1ccc(Br)c(Cl)c1Cl)C(=O)O. The van der Waals surface area contributed by atoms with E-state index < -0.39 is 30.4 Å². The smallest absolute Gasteiger partial charge is 0.326 e. The Morgan fingerprint density at radius 1 is 1.19 bits per heavy atom. The number of anilines is 1. The zero-order valence-corrected chi connectivity index (χ0v) is 13.3. The summed E-state index contributed by atoms with van der Waals surface area (Å²) in [6, 6.07) is 0.511. The predicted octanol–water partition coefficient (Wildman–Crippen LogP) is 2.81. The van der Waals surface area contributed by atoms with Crippen LogP contribution >= 0.6 is 39.1 Å². The number of amides is 2. The molecule has 0 heterocycles. The highest BCUT2D eigenvalue weighted by molar-refractivity contribution is 9.10. The van der Waals surface area contributed by atoms with E-state index in [1.54, 1.807) is 0 Å². The summed E-state index contributed by atoms with van der Waals surface area (Å²) < 4.78 is 0.523. The summed E-state index contributed by atoms with van der Waals surface area (Å²) in [6.45, 7) is 0. The molecule has 1 atom stereocenters. The summed E-state index contributed by atoms with van der Waals surface area (Å²) in [4.78, 5) is 33.0. The van der Waals surface area contributed by atoms with Gasteiger partial charge in [-0.05, 0) is 28.1 Å². The summed E-state index contributed by atoms with van der Waals surface area (Å²) in [5.74, 6) is -2.82. The number of carbonyl (C=O) groups is 3. The third kappa shape index (κ3) is 5.07. The van der Waals surface area contributed by atoms with Crippen molar-refractivity contribution in [3.8, 4) is 0 Å². The Kier molecular flexibility index (Phi) is 6.25. The quantitative estimate of drug-likeness (QED) is 0.568. The number of halogens is 3. The topological polar surface area (TPSA) is 116 Å². The molecule has 1 unspecified atom stereocenters. The van der Waals surface area contributed by atoms with Crippen LogP contribution in [0, 0.1) is 0 Å². The zero-order chi connectivity index (χ0) is 16.2. The van der Waals surface area contributed by atoms with Gasteiger partial charge in [-0.15, -0.1) is 0 Å². The second-order valence-electron chi connectivity index (χ2n) is 3.81. The van der Waals surface area contributed by atoms with Crippen LogP contribution in [0.3, 0.4) is 0 Å². The lowest BCUT2D eigenvalue weighted by molar-refractivity contribution is -0.145. The van der Waals surface area contributed by atoms with E-state index in [1.807, 2.05) is 5.32 Å². The lowest BCUT2D eigenvalue weighted by Gasteiger charge is -2.14. The third-order valence-electron chi connectivity index (χ3n) is 2.27. The second-order valence-corrected chi connectivity index (χ2v) is 5.42. The van der Waals surface area contributed by atoms with E-state index >= 15 is 0 Å². The number of urea groups is 1. The van der Waals surface area contributed by atoms with Gasteiger partial charge >= 0.3 is 18.0 Å². The number of hydrogen-bond acceptors (Lipinski definition) is 3. The van der Waals surface area contributed by atoms with Crippen LogP contribution in [0.25, 0.3) is 0 Å². The first kappa shape index (κ1) is 17.5. The van der Waals surface area contributed by atoms with Crippen molar-refractivity contribution in [1.82, 2.24) is 5.32 Å². The van der Waals surface area contributed by atoms with Gasteiger partial charge < -0.3 is 20.8 Å². The van der Waals surface area contributed by atoms with Gasteiger partial charge in [0.25, 0.3) is 0 Å². The molecule has 4 N–H and O–H groups in total. The van der Waals surface area contributed by atoms with Gasteiger partial charge in [-0.25, -0.2) is 9.59 Å². The van der Waals surface area contributed by atoms with Crippen molar-refractivity contribution < 1.29 is 24.6 Å². The van der Waals surface area contributed by atoms with Crippen LogP contribution in [-0.2, 0) is 9.59 Å². The van der Waals surface area contributed by atoms with E-state index in [0.717, 1.165) is 0 Å². The Balaban J connectivity index is 2.79. The van der Waals surface area contributed by atoms with Crippen LogP contribution in [0.1, 0.15) is 6.42 Å². The van der Waals surface area contributed by atoms with Gasteiger partial charge in [-0.1, -0.05) is 23.2 Å². The van der Waals surface area contributed by atoms with Gasteiger partial charge in [-0.3, -0.25) is 4.79 Å². The number of carboxylic acid groups (broad SMARTS) is 2. The molecule has 0 saturated heterocycles. The molecule has 0 saturated carbocycles. The summed E-state index contributed by atoms with van der Waals surface area (Å²) >= 11 is 14.9. The summed E-state index contributed by atoms with van der Waals surface area (Å²) in [7, 11) is 0. The number of hydrogen-bond donors (Lipinski definition) is 4. The molecule has 0 aliphatic carbocycles. The minimum atomic E-state index is -1.56. The van der Waals surface area contributed by atoms with Crippen LogP contribution in [0.5, 0.6) is 0 Å². The Hall–Kier alpha value is -1.51. The monoisotopic (exact) mass is 398 g/mol. The lowest BCUT2D eigenvalue weighted by atomic mass is 10.2. The molecule has 0 aliphatic rings. The number of aliphatic carboxylic acids is 2. The number of carbonyl (C=O) groups excluding carboxylic acids is 1. The molecule has 2 amide bonds. The van der Waals surface area contributed by atoms with Crippen LogP contribution in [0.4, 0.5) is 10.5 Å². The van der Waals surface area contributed by atoms with Crippen molar-refractivity contribution in [2.45, 2.75) is 12.5 Å². The molecule has 10 heteroatoms. The maximum Gasteiger partial charge on any atom is 0.326 e. The molecule has 7 nitrogen and oxygen atoms in total. The van der Waals surface area contributed by atoms with Gasteiger partial charge in [-0.2, -0.15) is 0 Å². The van der Waals surface area contributed by atoms with Gasteiger partial charge in [0.1, 0.15) is 6.04 Å². The van der Waals surface area contributed by atoms with Crippen LogP contribution in [0.2, 0.25) is 10.0 Å². The predicted molar refractivity (Wildman–Crippen MR) is 80.0 cm³/mol. The zero-order valence-electron chi connectivity index (χ0n) is 10.2. The normalized spacial score (nSPS) is 11.6. The number of nitrogens with one attached hydrogen (secondary N) is 2. The van der Waals surface area contributed by atoms with Gasteiger partial charge in [0, 0.05) is 4.47 Å². The highest BCUT2D eigenvalue weighted by atomic mass is 79.9. The molecule has 1 aromatic carbocycles. The summed E-state index contributed by atoms with van der Waals surface area (Å²) in [6.07, 6.45) is -0.752. The van der Waals surface area contributed by atoms with E-state index in [2.05, 4.69) is 21.2 Å². The molecule has 1 aromatic rings. The molecule has 0 radical (unpaired) electrons. The fraction of sp³-hybridized carbons (Fsp3) is 0.182. The average Bonchev–Trinajstić information content (AvgIpc) is 2.38. The van der Waals surface area contributed by atoms with E-state index in [4.69, 9.17) is 33.4 Å². The van der Waals surface area contributed by atoms with E-state index in [1.165, 1.54) is 12.1 Å². The Morgan fingerprint density at radius 3 is 2.33 bits per heavy atom. The maximum absolute atomic E-state index is 11.7. The molecular weight excluding hydrogens is 391 g/mol. The third-order valence-corrected chi connectivity index (χ3v) is 4.04. The van der Waals surface area contributed by atoms with Gasteiger partial charge in [0.2, 0.25) is 0 Å². The summed E-state index contributed by atoms with van der Waals surface area (Å²) in [5, 5.41) is 21.9. The molecule has 114 valence electrons. The van der Waals surface area contributed by atoms with Gasteiger partial charge in [0.15, 0.2) is 0 Å². The molecule has 21 heavy (non-hydrogen) atoms. The van der Waals surface area contributed by atoms with E-state index in [9.17, 15) is 14.4 Å². The van der Waals surface area contributed by atoms with Crippen LogP contribution < -0.4 is 10.6 Å². The number of benzene rings is 1. The molecule has 0 fully saturated rings. The fourth-order valence-electron chi connectivity index (χ4n) is 1.31. The highest BCUT2D eigenvalue weighted by Gasteiger charge is 2.23. The molecular formula is C11H9BrCl2N2O5. The van der Waals surface area contributed by atoms with Crippen molar-refractivity contribution in [2.75, 3.05) is 5.32 Å². The molecule has 0 spiro atoms. The number of rotatable bonds is 5. The Bertz CT molecular complexity index is 596. The van der Waals surface area contributed by atoms with Crippen molar-refractivity contribution >= 4 is 62.8 Å². The Morgan fingerprint density at radius 2 is 1.81 bits per heavy atom. The molecule has 1 rings (SSSR count). The fourth-order valence-corrected chi connectivity index (χ4v) is 2.14. The van der Waals surface area contributed by atoms with E-state index in [0.29, 0.717) is 4.47 Å². The minimum Gasteiger partial charge on any atom is -0.481 e. The van der Waals surface area contributed by atoms with E-state index in [-0.39, 0.29) is 15.7 Å². The first-order chi connectivity index (χ1) is 9.72. The highest BCUT2D eigenvalue weighted by Crippen LogP contribution is 2.35. The first-order valence-corrected chi connectivity index (χ1v) is 6.93. The van der Waals surface area contributed by atoms with Crippen molar-refractivity contribution in [1.29, 1.82) is 0 Å². The average molecular weight is 400 g/mol. The van der Waals surface area contributed by atoms with Crippen molar-refractivity contribution in [3.63, 3.8) is 0 Å². The molecule has 0 aliphatic heterocycles. The Labute approximate surface area is 137 Å². The number of carboxylic acids is 2. The second kappa shape index (κ2) is 7.48. The largest absolute Gasteiger partial charge is 0.481 e. The van der Waals surface area contributed by atoms with Crippen LogP contribution in [-0.4, -0.2) is 34.2 Å². The summed E-state index contributed by atoms with van der Waals surface area (Å²) in [5.41, 5.74) is 0.154. The first-order valence-electron chi connectivity index (χ1n) is 5.38. The van der Waals surface area contributed by atoms with Crippen LogP contribution in [0.15, 0.2) is 16.6 Å². The molecule has 0 aromatic heterocycles. The minimum absolute atomic E-state index is 0.0614. The molecule has 0 bridgehead atoms. The standard InChI is InChI=1S/C11H9BrCl2N2O5/c12-4-1-2-5(9(14)8(4)13)15-11(21)16-6(10(19)20)3-7(17)18/h1-2,6H,3H2,(H,17,18)(H,19,20)(H2,15,16,21). The lowest BCUT2D eigenvalue weighted by Crippen LogP contribution is -2.44. The van der Waals surface area contributed by atoms with Crippen molar-refractivity contribution in [2.24, 2.45) is 0 Å².